The highest BCUT2D eigenvalue weighted by atomic mass is 19.4. The molecular weight excluding hydrogens is 525 g/mol. The molecule has 0 bridgehead atoms. The maximum absolute atomic E-state index is 13.8. The minimum absolute atomic E-state index is 0.0438. The van der Waals surface area contributed by atoms with Gasteiger partial charge in [0.05, 0.1) is 24.5 Å². The number of rotatable bonds is 10. The summed E-state index contributed by atoms with van der Waals surface area (Å²) < 4.78 is 41.3. The lowest BCUT2D eigenvalue weighted by atomic mass is 10.0. The topological polar surface area (TPSA) is 118 Å². The highest BCUT2D eigenvalue weighted by Gasteiger charge is 2.37. The smallest absolute Gasteiger partial charge is 0.433 e. The summed E-state index contributed by atoms with van der Waals surface area (Å²) in [6.07, 6.45) is -2.78. The first kappa shape index (κ1) is 28.4. The summed E-state index contributed by atoms with van der Waals surface area (Å²) in [4.78, 5) is 39.0. The second-order valence-corrected chi connectivity index (χ2v) is 9.39. The van der Waals surface area contributed by atoms with Gasteiger partial charge in [0.1, 0.15) is 23.0 Å². The quantitative estimate of drug-likeness (QED) is 0.202. The minimum atomic E-state index is -4.64. The third-order valence-electron chi connectivity index (χ3n) is 6.61. The van der Waals surface area contributed by atoms with Crippen LogP contribution in [0.4, 0.5) is 18.0 Å². The lowest BCUT2D eigenvalue weighted by molar-refractivity contribution is -0.140. The number of nitrogens with one attached hydrogen (secondary N) is 2. The first-order chi connectivity index (χ1) is 19.0. The Morgan fingerprint density at radius 2 is 1.60 bits per heavy atom. The SMILES string of the molecule is CCCN(C=O)Cc1nc(-c2ccc(-c3ccc(-c4cnc([C@H](C)N(C)C(=O)O)[nH]4)cc3)cc2)c(C(F)(F)F)[nH]1. The van der Waals surface area contributed by atoms with Gasteiger partial charge in [-0.15, -0.1) is 0 Å². The van der Waals surface area contributed by atoms with E-state index in [1.807, 2.05) is 31.2 Å². The number of hydrogen-bond acceptors (Lipinski definition) is 4. The van der Waals surface area contributed by atoms with Crippen molar-refractivity contribution in [1.82, 2.24) is 29.7 Å². The summed E-state index contributed by atoms with van der Waals surface area (Å²) in [5, 5.41) is 9.18. The number of carbonyl (C=O) groups excluding carboxylic acids is 1. The van der Waals surface area contributed by atoms with Gasteiger partial charge in [-0.25, -0.2) is 14.8 Å². The van der Waals surface area contributed by atoms with Gasteiger partial charge in [0.15, 0.2) is 0 Å². The monoisotopic (exact) mass is 554 g/mol. The molecule has 0 aliphatic carbocycles. The molecule has 210 valence electrons. The number of alkyl halides is 3. The van der Waals surface area contributed by atoms with Crippen LogP contribution < -0.4 is 0 Å². The number of H-pyrrole nitrogens is 2. The molecule has 3 N–H and O–H groups in total. The first-order valence-electron chi connectivity index (χ1n) is 12.6. The fourth-order valence-electron chi connectivity index (χ4n) is 4.27. The average Bonchev–Trinajstić information content (AvgIpc) is 3.60. The normalized spacial score (nSPS) is 12.2. The summed E-state index contributed by atoms with van der Waals surface area (Å²) in [5.74, 6) is 0.581. The van der Waals surface area contributed by atoms with E-state index in [4.69, 9.17) is 0 Å². The van der Waals surface area contributed by atoms with Gasteiger partial charge in [-0.3, -0.25) is 4.79 Å². The van der Waals surface area contributed by atoms with Gasteiger partial charge < -0.3 is 24.9 Å². The van der Waals surface area contributed by atoms with E-state index in [1.54, 1.807) is 37.4 Å². The average molecular weight is 555 g/mol. The van der Waals surface area contributed by atoms with Crippen LogP contribution in [0.15, 0.2) is 54.7 Å². The number of imidazole rings is 2. The van der Waals surface area contributed by atoms with E-state index in [0.717, 1.165) is 27.3 Å². The van der Waals surface area contributed by atoms with Gasteiger partial charge in [-0.1, -0.05) is 55.5 Å². The van der Waals surface area contributed by atoms with Crippen molar-refractivity contribution in [1.29, 1.82) is 0 Å². The van der Waals surface area contributed by atoms with Crippen LogP contribution in [0.5, 0.6) is 0 Å². The summed E-state index contributed by atoms with van der Waals surface area (Å²) in [6.45, 7) is 3.98. The zero-order chi connectivity index (χ0) is 29.0. The molecule has 9 nitrogen and oxygen atoms in total. The van der Waals surface area contributed by atoms with Crippen molar-refractivity contribution in [3.63, 3.8) is 0 Å². The van der Waals surface area contributed by atoms with Crippen LogP contribution in [0, 0.1) is 0 Å². The van der Waals surface area contributed by atoms with Crippen molar-refractivity contribution >= 4 is 12.5 Å². The number of carboxylic acid groups (broad SMARTS) is 1. The first-order valence-corrected chi connectivity index (χ1v) is 12.6. The molecule has 12 heteroatoms. The Kier molecular flexibility index (Phi) is 8.26. The highest BCUT2D eigenvalue weighted by molar-refractivity contribution is 5.72. The van der Waals surface area contributed by atoms with E-state index >= 15 is 0 Å². The van der Waals surface area contributed by atoms with E-state index in [2.05, 4.69) is 19.9 Å². The lowest BCUT2D eigenvalue weighted by Gasteiger charge is -2.19. The zero-order valence-electron chi connectivity index (χ0n) is 22.2. The predicted octanol–water partition coefficient (Wildman–Crippen LogP) is 6.19. The van der Waals surface area contributed by atoms with Crippen molar-refractivity contribution in [2.24, 2.45) is 0 Å². The molecule has 4 aromatic rings. The summed E-state index contributed by atoms with van der Waals surface area (Å²) in [7, 11) is 1.47. The fraction of sp³-hybridized carbons (Fsp3) is 0.286. The maximum atomic E-state index is 13.8. The van der Waals surface area contributed by atoms with Crippen LogP contribution in [0.25, 0.3) is 33.6 Å². The number of nitrogens with zero attached hydrogens (tertiary/aromatic N) is 4. The van der Waals surface area contributed by atoms with Gasteiger partial charge in [0, 0.05) is 19.2 Å². The van der Waals surface area contributed by atoms with Crippen molar-refractivity contribution in [2.75, 3.05) is 13.6 Å². The van der Waals surface area contributed by atoms with Gasteiger partial charge in [0.2, 0.25) is 6.41 Å². The summed E-state index contributed by atoms with van der Waals surface area (Å²) in [5.41, 5.74) is 2.35. The maximum Gasteiger partial charge on any atom is 0.433 e. The van der Waals surface area contributed by atoms with Crippen LogP contribution in [0.3, 0.4) is 0 Å². The fourth-order valence-corrected chi connectivity index (χ4v) is 4.27. The van der Waals surface area contributed by atoms with Crippen molar-refractivity contribution < 1.29 is 27.9 Å². The van der Waals surface area contributed by atoms with Crippen LogP contribution in [-0.2, 0) is 17.5 Å². The molecule has 4 rings (SSSR count). The van der Waals surface area contributed by atoms with Gasteiger partial charge >= 0.3 is 12.3 Å². The Balaban J connectivity index is 1.54. The number of aromatic nitrogens is 4. The standard InChI is InChI=1S/C28H29F3N6O3/c1-4-13-37(16-38)15-23-34-24(25(35-23)28(29,30)31)21-11-7-19(8-12-21)18-5-9-20(10-6-18)22-14-32-26(33-22)17(2)36(3)27(39)40/h5-12,14,16-17H,4,13,15H2,1-3H3,(H,32,33)(H,34,35)(H,39,40)/t17-/m0/s1. The molecule has 40 heavy (non-hydrogen) atoms. The number of halogens is 3. The Bertz CT molecular complexity index is 1460. The molecule has 2 heterocycles. The Hall–Kier alpha value is -4.61. The predicted molar refractivity (Wildman–Crippen MR) is 143 cm³/mol. The largest absolute Gasteiger partial charge is 0.465 e. The van der Waals surface area contributed by atoms with Crippen LogP contribution in [-0.4, -0.2) is 60.9 Å². The second kappa shape index (κ2) is 11.6. The third kappa shape index (κ3) is 6.16. The van der Waals surface area contributed by atoms with Crippen molar-refractivity contribution in [2.45, 2.75) is 39.0 Å². The number of carbonyl (C=O) groups is 2. The zero-order valence-corrected chi connectivity index (χ0v) is 22.2. The number of aromatic amines is 2. The molecule has 0 radical (unpaired) electrons. The molecule has 2 aromatic carbocycles. The summed E-state index contributed by atoms with van der Waals surface area (Å²) in [6, 6.07) is 13.7. The molecule has 0 spiro atoms. The minimum Gasteiger partial charge on any atom is -0.465 e. The molecule has 0 saturated heterocycles. The lowest BCUT2D eigenvalue weighted by Crippen LogP contribution is -2.28. The summed E-state index contributed by atoms with van der Waals surface area (Å²) >= 11 is 0. The van der Waals surface area contributed by atoms with Gasteiger partial charge in [0.25, 0.3) is 0 Å². The molecule has 0 fully saturated rings. The van der Waals surface area contributed by atoms with E-state index in [9.17, 15) is 27.9 Å². The highest BCUT2D eigenvalue weighted by Crippen LogP contribution is 2.36. The van der Waals surface area contributed by atoms with Gasteiger partial charge in [-0.2, -0.15) is 13.2 Å². The molecule has 0 aliphatic rings. The molecule has 0 unspecified atom stereocenters. The van der Waals surface area contributed by atoms with Gasteiger partial charge in [-0.05, 0) is 30.0 Å². The Labute approximate surface area is 228 Å². The van der Waals surface area contributed by atoms with Crippen LogP contribution >= 0.6 is 0 Å². The van der Waals surface area contributed by atoms with E-state index in [-0.39, 0.29) is 18.1 Å². The second-order valence-electron chi connectivity index (χ2n) is 9.39. The number of hydrogen-bond donors (Lipinski definition) is 3. The van der Waals surface area contributed by atoms with E-state index in [1.165, 1.54) is 11.9 Å². The Morgan fingerprint density at radius 1 is 1.02 bits per heavy atom. The Morgan fingerprint density at radius 3 is 2.12 bits per heavy atom. The van der Waals surface area contributed by atoms with E-state index < -0.39 is 24.0 Å². The number of amides is 2. The molecule has 0 saturated carbocycles. The molecule has 0 aliphatic heterocycles. The molecule has 2 aromatic heterocycles. The number of benzene rings is 2. The van der Waals surface area contributed by atoms with Crippen molar-refractivity contribution in [3.05, 3.63) is 72.1 Å². The van der Waals surface area contributed by atoms with Crippen molar-refractivity contribution in [3.8, 4) is 33.6 Å². The third-order valence-corrected chi connectivity index (χ3v) is 6.61. The van der Waals surface area contributed by atoms with Crippen LogP contribution in [0.1, 0.15) is 43.7 Å². The molecule has 1 atom stereocenters. The molecule has 2 amide bonds. The molecular formula is C28H29F3N6O3. The van der Waals surface area contributed by atoms with Crippen LogP contribution in [0.2, 0.25) is 0 Å². The van der Waals surface area contributed by atoms with E-state index in [0.29, 0.717) is 30.8 Å².